The minimum Gasteiger partial charge on any atom is -0.352 e. The molecule has 2 bridgehead atoms. The van der Waals surface area contributed by atoms with Crippen LogP contribution in [-0.2, 0) is 9.47 Å². The molecule has 1 heterocycles. The van der Waals surface area contributed by atoms with Gasteiger partial charge >= 0.3 is 0 Å². The molecule has 0 amide bonds. The van der Waals surface area contributed by atoms with Crippen LogP contribution in [0.15, 0.2) is 0 Å². The molecular weight excluding hydrogens is 188 g/mol. The van der Waals surface area contributed by atoms with E-state index >= 15 is 0 Å². The molecule has 4 aliphatic rings. The maximum Gasteiger partial charge on any atom is 0.160 e. The fourth-order valence-corrected chi connectivity index (χ4v) is 3.66. The summed E-state index contributed by atoms with van der Waals surface area (Å²) in [7, 11) is 0. The molecule has 0 N–H and O–H groups in total. The second-order valence-electron chi connectivity index (χ2n) is 5.50. The van der Waals surface area contributed by atoms with Crippen molar-refractivity contribution in [3.63, 3.8) is 0 Å². The van der Waals surface area contributed by atoms with Gasteiger partial charge in [0.15, 0.2) is 6.29 Å². The van der Waals surface area contributed by atoms with Gasteiger partial charge < -0.3 is 9.47 Å². The van der Waals surface area contributed by atoms with Crippen molar-refractivity contribution in [2.24, 2.45) is 17.8 Å². The Morgan fingerprint density at radius 3 is 2.00 bits per heavy atom. The van der Waals surface area contributed by atoms with E-state index in [0.29, 0.717) is 0 Å². The molecule has 0 aromatic rings. The SMILES string of the molecule is C1CCOC(C2CC3CCC2CC3)OC1. The number of fused-ring (bicyclic) bond motifs is 3. The summed E-state index contributed by atoms with van der Waals surface area (Å²) in [5.41, 5.74) is 0. The summed E-state index contributed by atoms with van der Waals surface area (Å²) < 4.78 is 11.7. The van der Waals surface area contributed by atoms with Gasteiger partial charge in [-0.1, -0.05) is 12.8 Å². The lowest BCUT2D eigenvalue weighted by Gasteiger charge is -2.44. The zero-order valence-corrected chi connectivity index (χ0v) is 9.49. The van der Waals surface area contributed by atoms with Gasteiger partial charge in [0.25, 0.3) is 0 Å². The van der Waals surface area contributed by atoms with E-state index in [4.69, 9.17) is 9.47 Å². The molecule has 3 aliphatic carbocycles. The third-order valence-electron chi connectivity index (χ3n) is 4.55. The lowest BCUT2D eigenvalue weighted by atomic mass is 9.64. The highest BCUT2D eigenvalue weighted by atomic mass is 16.7. The lowest BCUT2D eigenvalue weighted by Crippen LogP contribution is -2.40. The summed E-state index contributed by atoms with van der Waals surface area (Å²) in [5, 5.41) is 0. The van der Waals surface area contributed by atoms with Crippen LogP contribution < -0.4 is 0 Å². The van der Waals surface area contributed by atoms with E-state index in [1.54, 1.807) is 0 Å². The van der Waals surface area contributed by atoms with Gasteiger partial charge in [-0.3, -0.25) is 0 Å². The van der Waals surface area contributed by atoms with Gasteiger partial charge in [-0.05, 0) is 43.9 Å². The largest absolute Gasteiger partial charge is 0.352 e. The van der Waals surface area contributed by atoms with Crippen molar-refractivity contribution in [2.45, 2.75) is 51.2 Å². The average molecular weight is 210 g/mol. The summed E-state index contributed by atoms with van der Waals surface area (Å²) in [6, 6.07) is 0. The first-order valence-corrected chi connectivity index (χ1v) is 6.66. The molecule has 0 aromatic carbocycles. The van der Waals surface area contributed by atoms with Gasteiger partial charge in [0.2, 0.25) is 0 Å². The van der Waals surface area contributed by atoms with Crippen molar-refractivity contribution in [2.75, 3.05) is 13.2 Å². The van der Waals surface area contributed by atoms with Crippen LogP contribution in [-0.4, -0.2) is 19.5 Å². The molecule has 1 aliphatic heterocycles. The smallest absolute Gasteiger partial charge is 0.160 e. The van der Waals surface area contributed by atoms with Crippen LogP contribution in [0.3, 0.4) is 0 Å². The minimum absolute atomic E-state index is 0.139. The summed E-state index contributed by atoms with van der Waals surface area (Å²) >= 11 is 0. The molecule has 0 aromatic heterocycles. The molecule has 4 rings (SSSR count). The van der Waals surface area contributed by atoms with E-state index in [0.717, 1.165) is 31.0 Å². The van der Waals surface area contributed by atoms with E-state index in [1.807, 2.05) is 0 Å². The maximum absolute atomic E-state index is 5.87. The van der Waals surface area contributed by atoms with Crippen LogP contribution in [0, 0.1) is 17.8 Å². The van der Waals surface area contributed by atoms with E-state index in [2.05, 4.69) is 0 Å². The Kier molecular flexibility index (Phi) is 2.98. The Balaban J connectivity index is 1.65. The molecule has 3 saturated carbocycles. The highest BCUT2D eigenvalue weighted by molar-refractivity contribution is 4.88. The number of ether oxygens (including phenoxy) is 2. The molecule has 2 nitrogen and oxygen atoms in total. The van der Waals surface area contributed by atoms with E-state index in [9.17, 15) is 0 Å². The Morgan fingerprint density at radius 1 is 0.800 bits per heavy atom. The van der Waals surface area contributed by atoms with Crippen LogP contribution in [0.4, 0.5) is 0 Å². The summed E-state index contributed by atoms with van der Waals surface area (Å²) in [6.45, 7) is 1.83. The van der Waals surface area contributed by atoms with Crippen molar-refractivity contribution >= 4 is 0 Å². The second-order valence-corrected chi connectivity index (χ2v) is 5.50. The summed E-state index contributed by atoms with van der Waals surface area (Å²) in [4.78, 5) is 0. The molecule has 4 fully saturated rings. The van der Waals surface area contributed by atoms with Gasteiger partial charge in [-0.15, -0.1) is 0 Å². The molecule has 1 saturated heterocycles. The maximum atomic E-state index is 5.87. The summed E-state index contributed by atoms with van der Waals surface area (Å²) in [6.07, 6.45) is 9.66. The summed E-state index contributed by atoms with van der Waals surface area (Å²) in [5.74, 6) is 2.60. The predicted octanol–water partition coefficient (Wildman–Crippen LogP) is 2.97. The molecule has 86 valence electrons. The Morgan fingerprint density at radius 2 is 1.47 bits per heavy atom. The van der Waals surface area contributed by atoms with Crippen molar-refractivity contribution < 1.29 is 9.47 Å². The van der Waals surface area contributed by atoms with Crippen LogP contribution >= 0.6 is 0 Å². The lowest BCUT2D eigenvalue weighted by molar-refractivity contribution is -0.186. The molecule has 1 atom stereocenters. The van der Waals surface area contributed by atoms with Crippen molar-refractivity contribution in [1.82, 2.24) is 0 Å². The average Bonchev–Trinajstić information content (AvgIpc) is 2.59. The highest BCUT2D eigenvalue weighted by Crippen LogP contribution is 2.47. The minimum atomic E-state index is 0.139. The van der Waals surface area contributed by atoms with Gasteiger partial charge in [0.1, 0.15) is 0 Å². The molecule has 0 radical (unpaired) electrons. The Bertz CT molecular complexity index is 201. The van der Waals surface area contributed by atoms with Crippen molar-refractivity contribution in [3.8, 4) is 0 Å². The zero-order valence-electron chi connectivity index (χ0n) is 9.49. The molecule has 1 unspecified atom stereocenters. The van der Waals surface area contributed by atoms with Crippen LogP contribution in [0.1, 0.15) is 44.9 Å². The Hall–Kier alpha value is -0.0800. The highest BCUT2D eigenvalue weighted by Gasteiger charge is 2.40. The molecule has 0 spiro atoms. The fourth-order valence-electron chi connectivity index (χ4n) is 3.66. The van der Waals surface area contributed by atoms with E-state index < -0.39 is 0 Å². The van der Waals surface area contributed by atoms with Gasteiger partial charge in [-0.2, -0.15) is 0 Å². The first-order chi connectivity index (χ1) is 7.43. The third-order valence-corrected chi connectivity index (χ3v) is 4.55. The van der Waals surface area contributed by atoms with E-state index in [1.165, 1.54) is 44.9 Å². The Labute approximate surface area is 92.3 Å². The zero-order chi connectivity index (χ0) is 10.1. The monoisotopic (exact) mass is 210 g/mol. The number of hydrogen-bond acceptors (Lipinski definition) is 2. The normalized spacial score (nSPS) is 42.8. The van der Waals surface area contributed by atoms with Gasteiger partial charge in [0, 0.05) is 19.1 Å². The topological polar surface area (TPSA) is 18.5 Å². The predicted molar refractivity (Wildman–Crippen MR) is 58.5 cm³/mol. The van der Waals surface area contributed by atoms with Gasteiger partial charge in [0.05, 0.1) is 0 Å². The van der Waals surface area contributed by atoms with Crippen LogP contribution in [0.5, 0.6) is 0 Å². The second kappa shape index (κ2) is 4.42. The molecule has 15 heavy (non-hydrogen) atoms. The van der Waals surface area contributed by atoms with Crippen molar-refractivity contribution in [3.05, 3.63) is 0 Å². The quantitative estimate of drug-likeness (QED) is 0.662. The van der Waals surface area contributed by atoms with Crippen LogP contribution in [0.25, 0.3) is 0 Å². The fraction of sp³-hybridized carbons (Fsp3) is 1.00. The number of hydrogen-bond donors (Lipinski definition) is 0. The van der Waals surface area contributed by atoms with E-state index in [-0.39, 0.29) is 6.29 Å². The van der Waals surface area contributed by atoms with Crippen molar-refractivity contribution in [1.29, 1.82) is 0 Å². The standard InChI is InChI=1S/C13H22O2/c1-2-8-15-13(14-7-1)12-9-10-3-5-11(12)6-4-10/h10-13H,1-9H2. The molecular formula is C13H22O2. The number of rotatable bonds is 1. The van der Waals surface area contributed by atoms with Gasteiger partial charge in [-0.25, -0.2) is 0 Å². The first-order valence-electron chi connectivity index (χ1n) is 6.66. The third kappa shape index (κ3) is 2.07. The first kappa shape index (κ1) is 10.1. The van der Waals surface area contributed by atoms with Crippen LogP contribution in [0.2, 0.25) is 0 Å². The molecule has 2 heteroatoms.